The summed E-state index contributed by atoms with van der Waals surface area (Å²) in [5.41, 5.74) is 0. The highest BCUT2D eigenvalue weighted by Gasteiger charge is 2.31. The van der Waals surface area contributed by atoms with Crippen molar-refractivity contribution in [3.63, 3.8) is 0 Å². The van der Waals surface area contributed by atoms with E-state index in [1.807, 2.05) is 4.90 Å². The van der Waals surface area contributed by atoms with Crippen molar-refractivity contribution >= 4 is 5.91 Å². The van der Waals surface area contributed by atoms with Crippen LogP contribution in [0.3, 0.4) is 0 Å². The molecule has 1 aliphatic carbocycles. The van der Waals surface area contributed by atoms with E-state index in [2.05, 4.69) is 24.1 Å². The lowest BCUT2D eigenvalue weighted by atomic mass is 10.2. The van der Waals surface area contributed by atoms with Gasteiger partial charge in [0.2, 0.25) is 5.91 Å². The Morgan fingerprint density at radius 2 is 2.00 bits per heavy atom. The second-order valence-corrected chi connectivity index (χ2v) is 5.69. The van der Waals surface area contributed by atoms with E-state index in [9.17, 15) is 4.79 Å². The van der Waals surface area contributed by atoms with Gasteiger partial charge in [-0.2, -0.15) is 0 Å². The van der Waals surface area contributed by atoms with Crippen LogP contribution in [0.2, 0.25) is 0 Å². The lowest BCUT2D eigenvalue weighted by molar-refractivity contribution is -0.133. The Bertz CT molecular complexity index is 257. The molecule has 1 N–H and O–H groups in total. The smallest absolute Gasteiger partial charge is 0.236 e. The van der Waals surface area contributed by atoms with E-state index in [-0.39, 0.29) is 0 Å². The fourth-order valence-corrected chi connectivity index (χ4v) is 2.44. The molecule has 0 unspecified atom stereocenters. The molecule has 0 atom stereocenters. The van der Waals surface area contributed by atoms with Crippen molar-refractivity contribution in [1.82, 2.24) is 15.1 Å². The van der Waals surface area contributed by atoms with Crippen molar-refractivity contribution in [1.29, 1.82) is 0 Å². The summed E-state index contributed by atoms with van der Waals surface area (Å²) >= 11 is 0. The largest absolute Gasteiger partial charge is 0.339 e. The van der Waals surface area contributed by atoms with E-state index < -0.39 is 0 Å². The Kier molecular flexibility index (Phi) is 4.40. The Morgan fingerprint density at radius 1 is 1.35 bits per heavy atom. The highest BCUT2D eigenvalue weighted by atomic mass is 16.2. The number of carbonyl (C=O) groups excluding carboxylic acids is 1. The van der Waals surface area contributed by atoms with E-state index in [4.69, 9.17) is 0 Å². The van der Waals surface area contributed by atoms with E-state index in [1.54, 1.807) is 0 Å². The van der Waals surface area contributed by atoms with Gasteiger partial charge in [-0.1, -0.05) is 13.8 Å². The minimum absolute atomic E-state index is 0.319. The maximum atomic E-state index is 12.2. The summed E-state index contributed by atoms with van der Waals surface area (Å²) in [6.45, 7) is 9.78. The first-order valence-electron chi connectivity index (χ1n) is 6.89. The third-order valence-corrected chi connectivity index (χ3v) is 3.47. The molecule has 0 spiro atoms. The highest BCUT2D eigenvalue weighted by Crippen LogP contribution is 2.27. The quantitative estimate of drug-likeness (QED) is 0.760. The molecule has 0 aromatic heterocycles. The van der Waals surface area contributed by atoms with Gasteiger partial charge in [-0.15, -0.1) is 0 Å². The standard InChI is InChI=1S/C13H25N3O/c1-11(2)9-16(12-3-4-12)10-13(17)15-7-5-14-6-8-15/h11-12,14H,3-10H2,1-2H3. The third-order valence-electron chi connectivity index (χ3n) is 3.47. The average molecular weight is 239 g/mol. The maximum absolute atomic E-state index is 12.2. The molecular weight excluding hydrogens is 214 g/mol. The summed E-state index contributed by atoms with van der Waals surface area (Å²) in [6.07, 6.45) is 2.56. The molecule has 2 fully saturated rings. The monoisotopic (exact) mass is 239 g/mol. The highest BCUT2D eigenvalue weighted by molar-refractivity contribution is 5.78. The summed E-state index contributed by atoms with van der Waals surface area (Å²) in [5.74, 6) is 0.963. The summed E-state index contributed by atoms with van der Waals surface area (Å²) < 4.78 is 0. The van der Waals surface area contributed by atoms with Gasteiger partial charge in [0.05, 0.1) is 6.54 Å². The number of nitrogens with one attached hydrogen (secondary N) is 1. The zero-order valence-electron chi connectivity index (χ0n) is 11.1. The molecule has 2 aliphatic rings. The summed E-state index contributed by atoms with van der Waals surface area (Å²) in [5, 5.41) is 3.28. The number of amides is 1. The average Bonchev–Trinajstić information content (AvgIpc) is 3.12. The second-order valence-electron chi connectivity index (χ2n) is 5.69. The molecular formula is C13H25N3O. The van der Waals surface area contributed by atoms with Gasteiger partial charge in [0.25, 0.3) is 0 Å². The maximum Gasteiger partial charge on any atom is 0.236 e. The molecule has 0 aromatic rings. The minimum atomic E-state index is 0.319. The SMILES string of the molecule is CC(C)CN(CC(=O)N1CCNCC1)C1CC1. The van der Waals surface area contributed by atoms with Gasteiger partial charge in [-0.25, -0.2) is 0 Å². The van der Waals surface area contributed by atoms with Crippen LogP contribution in [0.1, 0.15) is 26.7 Å². The van der Waals surface area contributed by atoms with Gasteiger partial charge in [0, 0.05) is 38.8 Å². The lowest BCUT2D eigenvalue weighted by Crippen LogP contribution is -2.50. The van der Waals surface area contributed by atoms with Crippen molar-refractivity contribution in [2.75, 3.05) is 39.3 Å². The molecule has 1 amide bonds. The van der Waals surface area contributed by atoms with Gasteiger partial charge < -0.3 is 10.2 Å². The number of nitrogens with zero attached hydrogens (tertiary/aromatic N) is 2. The summed E-state index contributed by atoms with van der Waals surface area (Å²) in [4.78, 5) is 16.6. The van der Waals surface area contributed by atoms with Gasteiger partial charge in [-0.05, 0) is 18.8 Å². The van der Waals surface area contributed by atoms with Crippen LogP contribution in [0, 0.1) is 5.92 Å². The molecule has 2 rings (SSSR count). The topological polar surface area (TPSA) is 35.6 Å². The number of rotatable bonds is 5. The molecule has 4 nitrogen and oxygen atoms in total. The first-order valence-corrected chi connectivity index (χ1v) is 6.89. The van der Waals surface area contributed by atoms with E-state index in [0.717, 1.165) is 32.7 Å². The van der Waals surface area contributed by atoms with Crippen molar-refractivity contribution in [3.05, 3.63) is 0 Å². The van der Waals surface area contributed by atoms with Crippen LogP contribution in [-0.2, 0) is 4.79 Å². The predicted molar refractivity (Wildman–Crippen MR) is 68.9 cm³/mol. The molecule has 17 heavy (non-hydrogen) atoms. The molecule has 1 heterocycles. The third kappa shape index (κ3) is 3.96. The van der Waals surface area contributed by atoms with E-state index in [0.29, 0.717) is 24.4 Å². The summed E-state index contributed by atoms with van der Waals surface area (Å²) in [6, 6.07) is 0.685. The Labute approximate surface area is 104 Å². The van der Waals surface area contributed by atoms with Gasteiger partial charge >= 0.3 is 0 Å². The number of hydrogen-bond acceptors (Lipinski definition) is 3. The predicted octanol–water partition coefficient (Wildman–Crippen LogP) is 0.539. The molecule has 0 bridgehead atoms. The molecule has 1 saturated carbocycles. The zero-order valence-corrected chi connectivity index (χ0v) is 11.1. The van der Waals surface area contributed by atoms with Crippen molar-refractivity contribution < 1.29 is 4.79 Å². The normalized spacial score (nSPS) is 21.3. The van der Waals surface area contributed by atoms with Crippen LogP contribution < -0.4 is 5.32 Å². The fraction of sp³-hybridized carbons (Fsp3) is 0.923. The number of carbonyl (C=O) groups is 1. The van der Waals surface area contributed by atoms with Crippen molar-refractivity contribution in [3.8, 4) is 0 Å². The van der Waals surface area contributed by atoms with Crippen LogP contribution in [0.25, 0.3) is 0 Å². The van der Waals surface area contributed by atoms with Gasteiger partial charge in [-0.3, -0.25) is 9.69 Å². The van der Waals surface area contributed by atoms with Crippen LogP contribution in [0.4, 0.5) is 0 Å². The lowest BCUT2D eigenvalue weighted by Gasteiger charge is -2.31. The van der Waals surface area contributed by atoms with Gasteiger partial charge in [0.1, 0.15) is 0 Å². The number of piperazine rings is 1. The van der Waals surface area contributed by atoms with Gasteiger partial charge in [0.15, 0.2) is 0 Å². The molecule has 0 aromatic carbocycles. The van der Waals surface area contributed by atoms with E-state index in [1.165, 1.54) is 12.8 Å². The molecule has 1 saturated heterocycles. The zero-order chi connectivity index (χ0) is 12.3. The molecule has 98 valence electrons. The first kappa shape index (κ1) is 12.8. The van der Waals surface area contributed by atoms with Crippen molar-refractivity contribution in [2.45, 2.75) is 32.7 Å². The molecule has 0 radical (unpaired) electrons. The van der Waals surface area contributed by atoms with Crippen LogP contribution in [-0.4, -0.2) is 61.0 Å². The Balaban J connectivity index is 1.81. The molecule has 1 aliphatic heterocycles. The fourth-order valence-electron chi connectivity index (χ4n) is 2.44. The Hall–Kier alpha value is -0.610. The van der Waals surface area contributed by atoms with Crippen LogP contribution in [0.15, 0.2) is 0 Å². The minimum Gasteiger partial charge on any atom is -0.339 e. The van der Waals surface area contributed by atoms with Crippen LogP contribution >= 0.6 is 0 Å². The van der Waals surface area contributed by atoms with E-state index >= 15 is 0 Å². The Morgan fingerprint density at radius 3 is 2.53 bits per heavy atom. The summed E-state index contributed by atoms with van der Waals surface area (Å²) in [7, 11) is 0. The second kappa shape index (κ2) is 5.83. The van der Waals surface area contributed by atoms with Crippen LogP contribution in [0.5, 0.6) is 0 Å². The molecule has 4 heteroatoms. The van der Waals surface area contributed by atoms with Crippen molar-refractivity contribution in [2.24, 2.45) is 5.92 Å². The number of hydrogen-bond donors (Lipinski definition) is 1. The first-order chi connectivity index (χ1) is 8.16.